The highest BCUT2D eigenvalue weighted by atomic mass is 32.1. The first-order chi connectivity index (χ1) is 17.2. The molecule has 2 aromatic carbocycles. The van der Waals surface area contributed by atoms with Crippen molar-refractivity contribution in [2.45, 2.75) is 26.1 Å². The van der Waals surface area contributed by atoms with Gasteiger partial charge in [0.2, 0.25) is 16.6 Å². The maximum absolute atomic E-state index is 12.9. The molecule has 8 nitrogen and oxygen atoms in total. The summed E-state index contributed by atoms with van der Waals surface area (Å²) in [6.45, 7) is 5.85. The van der Waals surface area contributed by atoms with Gasteiger partial charge in [0, 0.05) is 25.3 Å². The van der Waals surface area contributed by atoms with Crippen LogP contribution < -0.4 is 10.2 Å². The van der Waals surface area contributed by atoms with Crippen molar-refractivity contribution >= 4 is 29.8 Å². The topological polar surface area (TPSA) is 67.6 Å². The number of rotatable bonds is 7. The number of hydrogen-bond donors (Lipinski definition) is 1. The Hall–Kier alpha value is -3.01. The molecule has 3 heterocycles. The maximum atomic E-state index is 12.9. The summed E-state index contributed by atoms with van der Waals surface area (Å²) in [4.78, 5) is 17.4. The van der Waals surface area contributed by atoms with Gasteiger partial charge >= 0.3 is 0 Å². The predicted molar refractivity (Wildman–Crippen MR) is 139 cm³/mol. The van der Waals surface area contributed by atoms with Crippen LogP contribution in [0.2, 0.25) is 0 Å². The molecular weight excluding hydrogens is 460 g/mol. The molecule has 0 radical (unpaired) electrons. The summed E-state index contributed by atoms with van der Waals surface area (Å²) in [6.07, 6.45) is 1.86. The van der Waals surface area contributed by atoms with Gasteiger partial charge in [-0.05, 0) is 49.3 Å². The van der Waals surface area contributed by atoms with Crippen molar-refractivity contribution in [2.24, 2.45) is 5.92 Å². The molecule has 1 amide bonds. The second kappa shape index (κ2) is 11.2. The first kappa shape index (κ1) is 23.7. The van der Waals surface area contributed by atoms with Crippen LogP contribution in [0.15, 0.2) is 60.7 Å². The van der Waals surface area contributed by atoms with Gasteiger partial charge < -0.3 is 15.0 Å². The molecule has 2 aliphatic heterocycles. The molecule has 1 N–H and O–H groups in total. The Balaban J connectivity index is 1.32. The zero-order chi connectivity index (χ0) is 24.0. The van der Waals surface area contributed by atoms with Gasteiger partial charge in [-0.15, -0.1) is 5.10 Å². The highest BCUT2D eigenvalue weighted by molar-refractivity contribution is 7.71. The van der Waals surface area contributed by atoms with Crippen LogP contribution in [0.1, 0.15) is 18.4 Å². The van der Waals surface area contributed by atoms with E-state index >= 15 is 0 Å². The van der Waals surface area contributed by atoms with Gasteiger partial charge in [-0.3, -0.25) is 14.3 Å². The first-order valence-electron chi connectivity index (χ1n) is 12.3. The number of para-hydroxylation sites is 1. The second-order valence-electron chi connectivity index (χ2n) is 9.17. The molecule has 0 aliphatic carbocycles. The van der Waals surface area contributed by atoms with Gasteiger partial charge in [0.05, 0.1) is 32.3 Å². The minimum atomic E-state index is -0.0526. The third-order valence-corrected chi connectivity index (χ3v) is 7.06. The molecule has 0 bridgehead atoms. The van der Waals surface area contributed by atoms with Crippen molar-refractivity contribution in [3.63, 3.8) is 0 Å². The van der Waals surface area contributed by atoms with E-state index in [1.807, 2.05) is 53.2 Å². The van der Waals surface area contributed by atoms with Crippen molar-refractivity contribution in [1.29, 1.82) is 0 Å². The Kier molecular flexibility index (Phi) is 7.56. The molecule has 3 aromatic rings. The number of likely N-dealkylation sites (tertiary alicyclic amines) is 1. The quantitative estimate of drug-likeness (QED) is 0.509. The number of benzene rings is 2. The smallest absolute Gasteiger partial charge is 0.228 e. The molecule has 0 spiro atoms. The lowest BCUT2D eigenvalue weighted by Gasteiger charge is -2.31. The van der Waals surface area contributed by atoms with Crippen molar-refractivity contribution in [1.82, 2.24) is 19.2 Å². The number of aromatic nitrogens is 3. The molecule has 0 saturated carbocycles. The van der Waals surface area contributed by atoms with Gasteiger partial charge in [-0.25, -0.2) is 4.68 Å². The number of anilines is 2. The monoisotopic (exact) mass is 492 g/mol. The Labute approximate surface area is 211 Å². The Morgan fingerprint density at radius 2 is 1.74 bits per heavy atom. The van der Waals surface area contributed by atoms with Crippen molar-refractivity contribution < 1.29 is 9.53 Å². The molecular formula is C26H32N6O2S. The molecule has 1 unspecified atom stereocenters. The van der Waals surface area contributed by atoms with Gasteiger partial charge in [0.1, 0.15) is 0 Å². The number of piperidine rings is 1. The van der Waals surface area contributed by atoms with Crippen LogP contribution in [-0.2, 0) is 22.7 Å². The molecule has 1 atom stereocenters. The van der Waals surface area contributed by atoms with E-state index in [9.17, 15) is 4.79 Å². The summed E-state index contributed by atoms with van der Waals surface area (Å²) >= 11 is 5.92. The SMILES string of the molecule is O=C(Nc1ccccc1)C1CCCN(Cn2nc(N3CCOCC3)n(Cc3ccccc3)c2=S)C1. The number of carbonyl (C=O) groups excluding carboxylic acids is 1. The summed E-state index contributed by atoms with van der Waals surface area (Å²) in [6, 6.07) is 20.0. The molecule has 2 aliphatic rings. The fourth-order valence-electron chi connectivity index (χ4n) is 4.78. The van der Waals surface area contributed by atoms with Crippen molar-refractivity contribution in [3.05, 3.63) is 71.0 Å². The fourth-order valence-corrected chi connectivity index (χ4v) is 5.02. The van der Waals surface area contributed by atoms with Crippen LogP contribution in [-0.4, -0.2) is 64.5 Å². The van der Waals surface area contributed by atoms with Crippen LogP contribution in [0.4, 0.5) is 11.6 Å². The minimum Gasteiger partial charge on any atom is -0.378 e. The van der Waals surface area contributed by atoms with Gasteiger partial charge in [-0.1, -0.05) is 48.5 Å². The highest BCUT2D eigenvalue weighted by Gasteiger charge is 2.27. The van der Waals surface area contributed by atoms with E-state index in [-0.39, 0.29) is 11.8 Å². The number of carbonyl (C=O) groups is 1. The number of nitrogens with one attached hydrogen (secondary N) is 1. The van der Waals surface area contributed by atoms with Crippen LogP contribution in [0.5, 0.6) is 0 Å². The third kappa shape index (κ3) is 5.80. The van der Waals surface area contributed by atoms with Crippen LogP contribution in [0.25, 0.3) is 0 Å². The Bertz CT molecular complexity index is 1170. The van der Waals surface area contributed by atoms with Gasteiger partial charge in [0.15, 0.2) is 0 Å². The molecule has 2 fully saturated rings. The molecule has 184 valence electrons. The first-order valence-corrected chi connectivity index (χ1v) is 12.7. The lowest BCUT2D eigenvalue weighted by atomic mass is 9.97. The van der Waals surface area contributed by atoms with E-state index in [0.29, 0.717) is 37.7 Å². The number of hydrogen-bond acceptors (Lipinski definition) is 6. The summed E-state index contributed by atoms with van der Waals surface area (Å²) in [5.41, 5.74) is 2.03. The van der Waals surface area contributed by atoms with E-state index in [1.165, 1.54) is 5.56 Å². The summed E-state index contributed by atoms with van der Waals surface area (Å²) in [7, 11) is 0. The molecule has 35 heavy (non-hydrogen) atoms. The Morgan fingerprint density at radius 3 is 2.49 bits per heavy atom. The average Bonchev–Trinajstić information content (AvgIpc) is 3.20. The Morgan fingerprint density at radius 1 is 1.03 bits per heavy atom. The molecule has 1 aromatic heterocycles. The van der Waals surface area contributed by atoms with Gasteiger partial charge in [-0.2, -0.15) is 0 Å². The maximum Gasteiger partial charge on any atom is 0.228 e. The second-order valence-corrected chi connectivity index (χ2v) is 9.53. The van der Waals surface area contributed by atoms with E-state index in [0.717, 1.165) is 44.1 Å². The van der Waals surface area contributed by atoms with Crippen molar-refractivity contribution in [2.75, 3.05) is 49.6 Å². The largest absolute Gasteiger partial charge is 0.378 e. The minimum absolute atomic E-state index is 0.0526. The standard InChI is InChI=1S/C26H32N6O2S/c33-24(27-23-11-5-2-6-12-23)22-10-7-13-29(19-22)20-32-26(35)31(18-21-8-3-1-4-9-21)25(28-32)30-14-16-34-17-15-30/h1-6,8-9,11-12,22H,7,10,13-20H2,(H,27,33). The number of nitrogens with zero attached hydrogens (tertiary/aromatic N) is 5. The zero-order valence-electron chi connectivity index (χ0n) is 19.9. The van der Waals surface area contributed by atoms with Gasteiger partial charge in [0.25, 0.3) is 0 Å². The average molecular weight is 493 g/mol. The normalized spacial score (nSPS) is 19.0. The number of amides is 1. The number of morpholine rings is 1. The van der Waals surface area contributed by atoms with Crippen LogP contribution >= 0.6 is 12.2 Å². The van der Waals surface area contributed by atoms with Crippen molar-refractivity contribution in [3.8, 4) is 0 Å². The van der Waals surface area contributed by atoms with E-state index in [4.69, 9.17) is 22.1 Å². The molecule has 2 saturated heterocycles. The lowest BCUT2D eigenvalue weighted by molar-refractivity contribution is -0.121. The third-order valence-electron chi connectivity index (χ3n) is 6.63. The van der Waals surface area contributed by atoms with E-state index in [2.05, 4.69) is 31.8 Å². The lowest BCUT2D eigenvalue weighted by Crippen LogP contribution is -2.41. The van der Waals surface area contributed by atoms with Crippen LogP contribution in [0.3, 0.4) is 0 Å². The number of ether oxygens (including phenoxy) is 1. The summed E-state index contributed by atoms with van der Waals surface area (Å²) in [5.74, 6) is 0.911. The predicted octanol–water partition coefficient (Wildman–Crippen LogP) is 3.61. The molecule has 5 rings (SSSR count). The molecule has 9 heteroatoms. The van der Waals surface area contributed by atoms with Crippen LogP contribution in [0, 0.1) is 10.7 Å². The zero-order valence-corrected chi connectivity index (χ0v) is 20.7. The summed E-state index contributed by atoms with van der Waals surface area (Å²) < 4.78 is 10.3. The highest BCUT2D eigenvalue weighted by Crippen LogP contribution is 2.22. The van der Waals surface area contributed by atoms with E-state index in [1.54, 1.807) is 0 Å². The van der Waals surface area contributed by atoms with E-state index < -0.39 is 0 Å². The fraction of sp³-hybridized carbons (Fsp3) is 0.423. The summed E-state index contributed by atoms with van der Waals surface area (Å²) in [5, 5.41) is 8.02.